The van der Waals surface area contributed by atoms with E-state index in [1.165, 1.54) is 12.8 Å². The van der Waals surface area contributed by atoms with Crippen LogP contribution in [-0.4, -0.2) is 74.7 Å². The number of benzene rings is 2. The van der Waals surface area contributed by atoms with Gasteiger partial charge in [-0.1, -0.05) is 44.5 Å². The third-order valence-corrected chi connectivity index (χ3v) is 7.36. The predicted molar refractivity (Wildman–Crippen MR) is 153 cm³/mol. The molecule has 2 heterocycles. The fourth-order valence-corrected chi connectivity index (χ4v) is 5.48. The summed E-state index contributed by atoms with van der Waals surface area (Å²) in [6.07, 6.45) is 0.582. The molecule has 0 saturated carbocycles. The maximum atomic E-state index is 13.7. The maximum absolute atomic E-state index is 13.7. The summed E-state index contributed by atoms with van der Waals surface area (Å²) in [5, 5.41) is 3.47. The highest BCUT2D eigenvalue weighted by Crippen LogP contribution is 2.43. The van der Waals surface area contributed by atoms with Crippen LogP contribution >= 0.6 is 11.6 Å². The summed E-state index contributed by atoms with van der Waals surface area (Å²) in [6.45, 7) is 10.5. The zero-order valence-corrected chi connectivity index (χ0v) is 24.3. The summed E-state index contributed by atoms with van der Waals surface area (Å²) in [5.41, 5.74) is 1.85. The second-order valence-corrected chi connectivity index (χ2v) is 11.9. The number of para-hydroxylation sites is 1. The van der Waals surface area contributed by atoms with E-state index in [9.17, 15) is 9.59 Å². The quantitative estimate of drug-likeness (QED) is 0.459. The lowest BCUT2D eigenvalue weighted by Gasteiger charge is -2.32. The van der Waals surface area contributed by atoms with Crippen molar-refractivity contribution in [3.8, 4) is 11.5 Å². The Morgan fingerprint density at radius 1 is 1.13 bits per heavy atom. The second-order valence-electron chi connectivity index (χ2n) is 11.4. The molecule has 0 unspecified atom stereocenters. The van der Waals surface area contributed by atoms with Crippen LogP contribution in [0, 0.1) is 5.41 Å². The molecule has 2 atom stereocenters. The Hall–Kier alpha value is -2.81. The minimum absolute atomic E-state index is 0.0770. The number of methoxy groups -OCH3 is 2. The van der Waals surface area contributed by atoms with Crippen LogP contribution in [0.3, 0.4) is 0 Å². The Labute approximate surface area is 236 Å². The second kappa shape index (κ2) is 12.6. The van der Waals surface area contributed by atoms with Crippen molar-refractivity contribution in [2.75, 3.05) is 52.3 Å². The zero-order chi connectivity index (χ0) is 28.2. The van der Waals surface area contributed by atoms with Crippen molar-refractivity contribution in [2.45, 2.75) is 52.2 Å². The first-order valence-electron chi connectivity index (χ1n) is 13.6. The minimum Gasteiger partial charge on any atom is -0.493 e. The van der Waals surface area contributed by atoms with Gasteiger partial charge in [0.1, 0.15) is 12.2 Å². The van der Waals surface area contributed by atoms with Crippen molar-refractivity contribution >= 4 is 29.1 Å². The molecule has 1 fully saturated rings. The van der Waals surface area contributed by atoms with E-state index in [2.05, 4.69) is 31.0 Å². The average molecular weight is 558 g/mol. The van der Waals surface area contributed by atoms with Gasteiger partial charge in [-0.3, -0.25) is 9.59 Å². The molecular formula is C30H40ClN3O5. The number of rotatable bonds is 9. The van der Waals surface area contributed by atoms with Gasteiger partial charge in [0.2, 0.25) is 5.91 Å². The highest BCUT2D eigenvalue weighted by molar-refractivity contribution is 6.30. The molecule has 0 radical (unpaired) electrons. The number of hydrogen-bond donors (Lipinski definition) is 1. The SMILES string of the molecule is COc1cccc([C@H]2O[C@H](CC(=O)N(CCN3CCCC3)CC(C)(C)C)C(=O)Nc3ccc(Cl)cc32)c1OC. The smallest absolute Gasteiger partial charge is 0.254 e. The Morgan fingerprint density at radius 2 is 1.87 bits per heavy atom. The van der Waals surface area contributed by atoms with E-state index in [1.807, 2.05) is 17.0 Å². The van der Waals surface area contributed by atoms with E-state index < -0.39 is 12.2 Å². The molecule has 0 bridgehead atoms. The number of nitrogens with one attached hydrogen (secondary N) is 1. The number of anilines is 1. The van der Waals surface area contributed by atoms with Crippen LogP contribution in [0.1, 0.15) is 57.3 Å². The van der Waals surface area contributed by atoms with Crippen molar-refractivity contribution in [1.29, 1.82) is 0 Å². The van der Waals surface area contributed by atoms with Gasteiger partial charge >= 0.3 is 0 Å². The van der Waals surface area contributed by atoms with Crippen LogP contribution in [0.2, 0.25) is 5.02 Å². The largest absolute Gasteiger partial charge is 0.493 e. The van der Waals surface area contributed by atoms with Gasteiger partial charge in [-0.2, -0.15) is 0 Å². The van der Waals surface area contributed by atoms with Gasteiger partial charge in [0.05, 0.1) is 20.6 Å². The number of hydrogen-bond acceptors (Lipinski definition) is 6. The van der Waals surface area contributed by atoms with Gasteiger partial charge in [-0.25, -0.2) is 0 Å². The molecule has 8 nitrogen and oxygen atoms in total. The van der Waals surface area contributed by atoms with Crippen molar-refractivity contribution in [1.82, 2.24) is 9.80 Å². The van der Waals surface area contributed by atoms with Crippen molar-refractivity contribution in [3.63, 3.8) is 0 Å². The molecule has 0 spiro atoms. The first-order chi connectivity index (χ1) is 18.6. The number of nitrogens with zero attached hydrogens (tertiary/aromatic N) is 2. The van der Waals surface area contributed by atoms with Crippen LogP contribution in [0.25, 0.3) is 0 Å². The maximum Gasteiger partial charge on any atom is 0.254 e. The molecule has 212 valence electrons. The molecule has 39 heavy (non-hydrogen) atoms. The van der Waals surface area contributed by atoms with E-state index >= 15 is 0 Å². The van der Waals surface area contributed by atoms with Gasteiger partial charge in [-0.05, 0) is 55.6 Å². The Balaban J connectivity index is 1.64. The summed E-state index contributed by atoms with van der Waals surface area (Å²) in [6, 6.07) is 10.8. The number of carbonyl (C=O) groups is 2. The highest BCUT2D eigenvalue weighted by atomic mass is 35.5. The van der Waals surface area contributed by atoms with Crippen LogP contribution in [0.5, 0.6) is 11.5 Å². The summed E-state index contributed by atoms with van der Waals surface area (Å²) in [7, 11) is 3.13. The fourth-order valence-electron chi connectivity index (χ4n) is 5.30. The van der Waals surface area contributed by atoms with Gasteiger partial charge in [0, 0.05) is 41.5 Å². The average Bonchev–Trinajstić information content (AvgIpc) is 3.38. The van der Waals surface area contributed by atoms with E-state index in [1.54, 1.807) is 38.5 Å². The molecule has 2 aliphatic rings. The standard InChI is InChI=1S/C30H40ClN3O5/c1-30(2,3)19-34(16-15-33-13-6-7-14-33)26(35)18-25-29(36)32-23-12-11-20(31)17-22(23)27(39-25)21-9-8-10-24(37-4)28(21)38-5/h8-12,17,25,27H,6-7,13-16,18-19H2,1-5H3,(H,32,36)/t25-,27-/m1/s1. The van der Waals surface area contributed by atoms with E-state index in [4.69, 9.17) is 25.8 Å². The number of fused-ring (bicyclic) bond motifs is 1. The lowest BCUT2D eigenvalue weighted by molar-refractivity contribution is -0.142. The van der Waals surface area contributed by atoms with Crippen LogP contribution in [0.4, 0.5) is 5.69 Å². The van der Waals surface area contributed by atoms with Gasteiger partial charge < -0.3 is 29.3 Å². The molecule has 4 rings (SSSR count). The predicted octanol–water partition coefficient (Wildman–Crippen LogP) is 5.14. The normalized spacial score (nSPS) is 19.7. The van der Waals surface area contributed by atoms with E-state index in [-0.39, 0.29) is 23.7 Å². The molecule has 9 heteroatoms. The lowest BCUT2D eigenvalue weighted by Crippen LogP contribution is -2.44. The lowest BCUT2D eigenvalue weighted by atomic mass is 9.95. The van der Waals surface area contributed by atoms with Crippen LogP contribution in [-0.2, 0) is 14.3 Å². The first kappa shape index (κ1) is 29.2. The van der Waals surface area contributed by atoms with Gasteiger partial charge in [0.25, 0.3) is 5.91 Å². The number of halogens is 1. The van der Waals surface area contributed by atoms with E-state index in [0.717, 1.165) is 19.6 Å². The third kappa shape index (κ3) is 7.24. The third-order valence-electron chi connectivity index (χ3n) is 7.13. The Bertz CT molecular complexity index is 1180. The number of amides is 2. The summed E-state index contributed by atoms with van der Waals surface area (Å²) in [4.78, 5) is 31.4. The molecule has 2 aromatic carbocycles. The number of carbonyl (C=O) groups excluding carboxylic acids is 2. The summed E-state index contributed by atoms with van der Waals surface area (Å²) < 4.78 is 17.7. The van der Waals surface area contributed by atoms with Gasteiger partial charge in [-0.15, -0.1) is 0 Å². The fraction of sp³-hybridized carbons (Fsp3) is 0.533. The molecular weight excluding hydrogens is 518 g/mol. The molecule has 2 aromatic rings. The summed E-state index contributed by atoms with van der Waals surface area (Å²) in [5.74, 6) is 0.558. The molecule has 0 aliphatic carbocycles. The van der Waals surface area contributed by atoms with Crippen molar-refractivity contribution in [3.05, 3.63) is 52.5 Å². The van der Waals surface area contributed by atoms with Crippen LogP contribution in [0.15, 0.2) is 36.4 Å². The highest BCUT2D eigenvalue weighted by Gasteiger charge is 2.36. The molecule has 2 aliphatic heterocycles. The zero-order valence-electron chi connectivity index (χ0n) is 23.6. The first-order valence-corrected chi connectivity index (χ1v) is 13.9. The number of ether oxygens (including phenoxy) is 3. The van der Waals surface area contributed by atoms with E-state index in [0.29, 0.717) is 46.4 Å². The minimum atomic E-state index is -1.01. The molecule has 1 N–H and O–H groups in total. The molecule has 0 aromatic heterocycles. The Morgan fingerprint density at radius 3 is 2.54 bits per heavy atom. The van der Waals surface area contributed by atoms with Gasteiger partial charge in [0.15, 0.2) is 11.5 Å². The molecule has 2 amide bonds. The van der Waals surface area contributed by atoms with Crippen LogP contribution < -0.4 is 14.8 Å². The number of likely N-dealkylation sites (tertiary alicyclic amines) is 1. The topological polar surface area (TPSA) is 80.3 Å². The molecule has 1 saturated heterocycles. The monoisotopic (exact) mass is 557 g/mol. The van der Waals surface area contributed by atoms with Crippen molar-refractivity contribution < 1.29 is 23.8 Å². The van der Waals surface area contributed by atoms with Crippen molar-refractivity contribution in [2.24, 2.45) is 5.41 Å². The summed E-state index contributed by atoms with van der Waals surface area (Å²) >= 11 is 6.37. The Kier molecular flexibility index (Phi) is 9.41.